The molecule has 69 heavy (non-hydrogen) atoms. The van der Waals surface area contributed by atoms with E-state index in [1.54, 1.807) is 0 Å². The molecule has 406 valence electrons. The molecule has 0 aromatic heterocycles. The summed E-state index contributed by atoms with van der Waals surface area (Å²) in [5, 5.41) is 3.01. The summed E-state index contributed by atoms with van der Waals surface area (Å²) in [7, 11) is 1.17. The molecule has 10 heteroatoms. The van der Waals surface area contributed by atoms with E-state index in [1.165, 1.54) is 186 Å². The van der Waals surface area contributed by atoms with Crippen LogP contribution in [0, 0.1) is 0 Å². The zero-order valence-electron chi connectivity index (χ0n) is 46.3. The van der Waals surface area contributed by atoms with Crippen LogP contribution in [0.2, 0.25) is 0 Å². The van der Waals surface area contributed by atoms with Crippen LogP contribution in [0.15, 0.2) is 36.5 Å². The van der Waals surface area contributed by atoms with Gasteiger partial charge in [-0.15, -0.1) is 0 Å². The fraction of sp³-hybridized carbons (Fsp3) is 0.864. The minimum atomic E-state index is -4.70. The molecule has 0 saturated carbocycles. The van der Waals surface area contributed by atoms with Gasteiger partial charge in [0.25, 0.3) is 7.82 Å². The molecule has 3 atom stereocenters. The number of carbonyl (C=O) groups is 2. The molecule has 0 fully saturated rings. The fourth-order valence-corrected chi connectivity index (χ4v) is 9.24. The van der Waals surface area contributed by atoms with Crippen molar-refractivity contribution in [2.45, 2.75) is 290 Å². The Morgan fingerprint density at radius 1 is 0.507 bits per heavy atom. The van der Waals surface area contributed by atoms with Gasteiger partial charge in [0.15, 0.2) is 0 Å². The van der Waals surface area contributed by atoms with Crippen LogP contribution < -0.4 is 10.2 Å². The zero-order valence-corrected chi connectivity index (χ0v) is 47.2. The number of unbranched alkanes of at least 4 members (excludes halogenated alkanes) is 33. The number of allylic oxidation sites excluding steroid dienone is 5. The van der Waals surface area contributed by atoms with Gasteiger partial charge in [-0.05, 0) is 51.0 Å². The molecule has 1 amide bonds. The van der Waals surface area contributed by atoms with E-state index in [-0.39, 0.29) is 18.9 Å². The first-order valence-corrected chi connectivity index (χ1v) is 30.8. The van der Waals surface area contributed by atoms with E-state index in [4.69, 9.17) is 13.8 Å². The topological polar surface area (TPSA) is 114 Å². The minimum absolute atomic E-state index is 0.0276. The molecule has 0 saturated heterocycles. The predicted molar refractivity (Wildman–Crippen MR) is 293 cm³/mol. The summed E-state index contributed by atoms with van der Waals surface area (Å²) in [4.78, 5) is 39.8. The average Bonchev–Trinajstić information content (AvgIpc) is 3.31. The predicted octanol–water partition coefficient (Wildman–Crippen LogP) is 16.9. The smallest absolute Gasteiger partial charge is 0.306 e. The highest BCUT2D eigenvalue weighted by Gasteiger charge is 2.27. The first-order valence-electron chi connectivity index (χ1n) is 29.3. The summed E-state index contributed by atoms with van der Waals surface area (Å²) in [6.45, 7) is 6.81. The molecule has 0 rings (SSSR count). The number of esters is 1. The van der Waals surface area contributed by atoms with Crippen molar-refractivity contribution in [1.29, 1.82) is 0 Å². The summed E-state index contributed by atoms with van der Waals surface area (Å²) in [6, 6.07) is -0.905. The van der Waals surface area contributed by atoms with Crippen LogP contribution in [-0.2, 0) is 27.9 Å². The van der Waals surface area contributed by atoms with Crippen molar-refractivity contribution in [2.75, 3.05) is 40.9 Å². The second-order valence-corrected chi connectivity index (χ2v) is 22.6. The van der Waals surface area contributed by atoms with Gasteiger partial charge < -0.3 is 28.5 Å². The van der Waals surface area contributed by atoms with E-state index in [0.717, 1.165) is 51.4 Å². The monoisotopic (exact) mass is 993 g/mol. The molecule has 0 radical (unpaired) electrons. The van der Waals surface area contributed by atoms with Crippen molar-refractivity contribution in [3.8, 4) is 0 Å². The van der Waals surface area contributed by atoms with Crippen LogP contribution in [0.1, 0.15) is 278 Å². The standard InChI is InChI=1S/C59H113N2O7P/c1-7-10-13-16-19-22-25-27-28-29-30-31-32-34-36-39-42-45-48-51-58(62)60-56(55-67-69(64,65)66-54-53-61(4,5)6)57(50-47-44-41-38-35-24-21-18-15-12-9-3)68-59(63)52-49-46-43-40-37-33-26-23-20-17-14-11-8-2/h33,37,43,46-47,50,56-57H,7-32,34-36,38-42,44-45,48-49,51-55H2,1-6H3,(H-,60,62,64,65)/b37-33-,46-43+,50-47+. The highest BCUT2D eigenvalue weighted by Crippen LogP contribution is 2.38. The van der Waals surface area contributed by atoms with E-state index in [0.29, 0.717) is 23.9 Å². The van der Waals surface area contributed by atoms with Gasteiger partial charge in [0, 0.05) is 12.8 Å². The molecule has 0 aliphatic carbocycles. The molecular formula is C59H113N2O7P. The molecule has 9 nitrogen and oxygen atoms in total. The maximum Gasteiger partial charge on any atom is 0.306 e. The first-order chi connectivity index (χ1) is 33.4. The van der Waals surface area contributed by atoms with Gasteiger partial charge in [-0.25, -0.2) is 0 Å². The summed E-state index contributed by atoms with van der Waals surface area (Å²) in [6.07, 6.45) is 58.4. The summed E-state index contributed by atoms with van der Waals surface area (Å²) >= 11 is 0. The van der Waals surface area contributed by atoms with Gasteiger partial charge in [-0.3, -0.25) is 14.2 Å². The Bertz CT molecular complexity index is 1280. The molecule has 1 N–H and O–H groups in total. The molecule has 0 bridgehead atoms. The third-order valence-corrected chi connectivity index (χ3v) is 14.1. The van der Waals surface area contributed by atoms with Crippen LogP contribution in [0.5, 0.6) is 0 Å². The second-order valence-electron chi connectivity index (χ2n) is 21.2. The minimum Gasteiger partial charge on any atom is -0.756 e. The lowest BCUT2D eigenvalue weighted by Gasteiger charge is -2.30. The largest absolute Gasteiger partial charge is 0.756 e. The molecule has 0 aromatic carbocycles. The van der Waals surface area contributed by atoms with E-state index < -0.39 is 32.5 Å². The number of phosphoric acid groups is 1. The SMILES string of the molecule is CCCCCCCC/C=C\C/C=C/CCC(=O)OC(/C=C/CCCCCCCCCCC)C(COP(=O)([O-])OCC[N+](C)(C)C)NC(=O)CCCCCCCCCCCCCCCCCCCCC. The number of phosphoric ester groups is 1. The first kappa shape index (κ1) is 67.2. The number of quaternary nitrogens is 1. The Hall–Kier alpha value is -1.77. The third kappa shape index (κ3) is 51.0. The van der Waals surface area contributed by atoms with Gasteiger partial charge in [0.05, 0.1) is 33.8 Å². The number of hydrogen-bond acceptors (Lipinski definition) is 7. The molecule has 0 spiro atoms. The van der Waals surface area contributed by atoms with Crippen molar-refractivity contribution in [2.24, 2.45) is 0 Å². The molecule has 3 unspecified atom stereocenters. The van der Waals surface area contributed by atoms with Crippen LogP contribution in [-0.4, -0.2) is 69.4 Å². The van der Waals surface area contributed by atoms with Crippen molar-refractivity contribution < 1.29 is 37.3 Å². The summed E-state index contributed by atoms with van der Waals surface area (Å²) < 4.78 is 30.1. The molecule has 0 aliphatic rings. The number of carbonyl (C=O) groups excluding carboxylic acids is 2. The number of amides is 1. The van der Waals surface area contributed by atoms with Gasteiger partial charge in [0.1, 0.15) is 19.3 Å². The fourth-order valence-electron chi connectivity index (χ4n) is 8.52. The number of hydrogen-bond donors (Lipinski definition) is 1. The Morgan fingerprint density at radius 3 is 1.33 bits per heavy atom. The Balaban J connectivity index is 5.28. The average molecular weight is 994 g/mol. The quantitative estimate of drug-likeness (QED) is 0.0212. The lowest BCUT2D eigenvalue weighted by molar-refractivity contribution is -0.870. The maximum atomic E-state index is 13.5. The highest BCUT2D eigenvalue weighted by molar-refractivity contribution is 7.45. The molecule has 0 heterocycles. The lowest BCUT2D eigenvalue weighted by Crippen LogP contribution is -2.47. The Labute approximate surface area is 427 Å². The van der Waals surface area contributed by atoms with Crippen LogP contribution in [0.25, 0.3) is 0 Å². The van der Waals surface area contributed by atoms with Crippen molar-refractivity contribution in [1.82, 2.24) is 5.32 Å². The van der Waals surface area contributed by atoms with Gasteiger partial charge in [-0.2, -0.15) is 0 Å². The van der Waals surface area contributed by atoms with Gasteiger partial charge in [-0.1, -0.05) is 250 Å². The van der Waals surface area contributed by atoms with Crippen LogP contribution in [0.4, 0.5) is 0 Å². The van der Waals surface area contributed by atoms with E-state index in [9.17, 15) is 19.0 Å². The normalized spacial score (nSPS) is 14.0. The summed E-state index contributed by atoms with van der Waals surface area (Å²) in [5.41, 5.74) is 0. The number of ether oxygens (including phenoxy) is 1. The Morgan fingerprint density at radius 2 is 0.899 bits per heavy atom. The van der Waals surface area contributed by atoms with E-state index in [2.05, 4.69) is 44.3 Å². The highest BCUT2D eigenvalue weighted by atomic mass is 31.2. The Kier molecular flexibility index (Phi) is 48.5. The van der Waals surface area contributed by atoms with Crippen LogP contribution >= 0.6 is 7.82 Å². The van der Waals surface area contributed by atoms with Gasteiger partial charge in [0.2, 0.25) is 5.91 Å². The second kappa shape index (κ2) is 49.8. The maximum absolute atomic E-state index is 13.5. The summed E-state index contributed by atoms with van der Waals surface area (Å²) in [5.74, 6) is -0.610. The number of nitrogens with zero attached hydrogens (tertiary/aromatic N) is 1. The molecular weight excluding hydrogens is 880 g/mol. The molecule has 0 aromatic rings. The van der Waals surface area contributed by atoms with Crippen molar-refractivity contribution >= 4 is 19.7 Å². The number of nitrogens with one attached hydrogen (secondary N) is 1. The van der Waals surface area contributed by atoms with Crippen molar-refractivity contribution in [3.05, 3.63) is 36.5 Å². The molecule has 0 aliphatic heterocycles. The van der Waals surface area contributed by atoms with E-state index >= 15 is 0 Å². The number of rotatable bonds is 53. The number of likely N-dealkylation sites (N-methyl/N-ethyl adjacent to an activating group) is 1. The lowest BCUT2D eigenvalue weighted by atomic mass is 10.0. The van der Waals surface area contributed by atoms with Crippen molar-refractivity contribution in [3.63, 3.8) is 0 Å². The third-order valence-electron chi connectivity index (χ3n) is 13.1. The van der Waals surface area contributed by atoms with Gasteiger partial charge >= 0.3 is 5.97 Å². The zero-order chi connectivity index (χ0) is 50.8. The van der Waals surface area contributed by atoms with E-state index in [1.807, 2.05) is 39.4 Å². The van der Waals surface area contributed by atoms with Crippen LogP contribution in [0.3, 0.4) is 0 Å².